The molecule has 1 amide bonds. The molecule has 0 aliphatic rings. The molecule has 0 fully saturated rings. The molecular formula is C32H34N2O4. The molecule has 3 N–H and O–H groups in total. The number of aryl methyl sites for hydroxylation is 1. The lowest BCUT2D eigenvalue weighted by Gasteiger charge is -2.23. The molecule has 0 aliphatic carbocycles. The number of para-hydroxylation sites is 2. The number of aromatic nitrogens is 1. The summed E-state index contributed by atoms with van der Waals surface area (Å²) < 4.78 is 13.8. The fourth-order valence-electron chi connectivity index (χ4n) is 4.75. The Hall–Kier alpha value is -4.21. The number of hydrogen-bond donors (Lipinski definition) is 2. The minimum absolute atomic E-state index is 0.137. The lowest BCUT2D eigenvalue weighted by atomic mass is 9.88. The number of carbonyl (C=O) groups excluding carboxylic acids is 1. The van der Waals surface area contributed by atoms with Crippen molar-refractivity contribution in [2.45, 2.75) is 45.8 Å². The largest absolute Gasteiger partial charge is 0.495 e. The van der Waals surface area contributed by atoms with Crippen molar-refractivity contribution in [2.24, 2.45) is 5.73 Å². The summed E-state index contributed by atoms with van der Waals surface area (Å²) >= 11 is 0. The van der Waals surface area contributed by atoms with E-state index in [0.29, 0.717) is 29.0 Å². The van der Waals surface area contributed by atoms with Crippen LogP contribution in [0.4, 0.5) is 0 Å². The third-order valence-electron chi connectivity index (χ3n) is 6.52. The number of methoxy groups -OCH3 is 1. The number of aliphatic hydroxyl groups excluding tert-OH is 1. The Kier molecular flexibility index (Phi) is 8.40. The van der Waals surface area contributed by atoms with E-state index < -0.39 is 5.91 Å². The van der Waals surface area contributed by atoms with Gasteiger partial charge in [0.2, 0.25) is 0 Å². The molecule has 0 bridgehead atoms. The second kappa shape index (κ2) is 11.9. The van der Waals surface area contributed by atoms with E-state index in [2.05, 4.69) is 41.7 Å². The Labute approximate surface area is 224 Å². The van der Waals surface area contributed by atoms with Crippen LogP contribution in [0.25, 0.3) is 10.9 Å². The number of ether oxygens (including phenoxy) is 2. The van der Waals surface area contributed by atoms with Gasteiger partial charge in [0.15, 0.2) is 0 Å². The Morgan fingerprint density at radius 2 is 1.82 bits per heavy atom. The van der Waals surface area contributed by atoms with Gasteiger partial charge in [-0.3, -0.25) is 4.79 Å². The standard InChI is InChI=1S/C32H34N2O4/c1-5-34-19-24(26-11-7-8-12-29(26)34)18-25(20-35)27-16-22(14-15-23-10-6-9-13-30(23)37-4)17-28(32(33)36)31(27)38-21(2)3/h6-13,16-17,19,21,25,35H,5,18,20H2,1-4H3,(H2,33,36)/t25-/m0/s1. The first kappa shape index (κ1) is 26.8. The molecule has 4 rings (SSSR count). The van der Waals surface area contributed by atoms with Crippen LogP contribution in [0.2, 0.25) is 0 Å². The first-order valence-electron chi connectivity index (χ1n) is 12.8. The number of fused-ring (bicyclic) bond motifs is 1. The van der Waals surface area contributed by atoms with Gasteiger partial charge in [0.05, 0.1) is 30.9 Å². The molecule has 3 aromatic carbocycles. The van der Waals surface area contributed by atoms with Crippen molar-refractivity contribution in [3.05, 3.63) is 94.7 Å². The van der Waals surface area contributed by atoms with Crippen LogP contribution in [0.15, 0.2) is 66.9 Å². The van der Waals surface area contributed by atoms with Crippen molar-refractivity contribution >= 4 is 16.8 Å². The number of nitrogens with two attached hydrogens (primary N) is 1. The van der Waals surface area contributed by atoms with Crippen LogP contribution in [0.5, 0.6) is 11.5 Å². The van der Waals surface area contributed by atoms with E-state index in [9.17, 15) is 9.90 Å². The number of aliphatic hydroxyl groups is 1. The summed E-state index contributed by atoms with van der Waals surface area (Å²) in [6.45, 7) is 6.60. The molecule has 196 valence electrons. The van der Waals surface area contributed by atoms with Crippen molar-refractivity contribution in [3.63, 3.8) is 0 Å². The molecule has 4 aromatic rings. The molecule has 38 heavy (non-hydrogen) atoms. The number of benzene rings is 3. The minimum atomic E-state index is -0.609. The summed E-state index contributed by atoms with van der Waals surface area (Å²) in [4.78, 5) is 12.6. The fourth-order valence-corrected chi connectivity index (χ4v) is 4.75. The van der Waals surface area contributed by atoms with Crippen LogP contribution in [0, 0.1) is 11.8 Å². The summed E-state index contributed by atoms with van der Waals surface area (Å²) in [5.74, 6) is 6.41. The van der Waals surface area contributed by atoms with Crippen molar-refractivity contribution in [2.75, 3.05) is 13.7 Å². The average molecular weight is 511 g/mol. The molecule has 1 atom stereocenters. The Morgan fingerprint density at radius 1 is 1.08 bits per heavy atom. The highest BCUT2D eigenvalue weighted by Gasteiger charge is 2.24. The van der Waals surface area contributed by atoms with Crippen LogP contribution >= 0.6 is 0 Å². The van der Waals surface area contributed by atoms with Crippen LogP contribution in [-0.4, -0.2) is 35.4 Å². The highest BCUT2D eigenvalue weighted by molar-refractivity contribution is 5.96. The molecule has 6 heteroatoms. The molecule has 0 radical (unpaired) electrons. The third-order valence-corrected chi connectivity index (χ3v) is 6.52. The zero-order valence-corrected chi connectivity index (χ0v) is 22.3. The molecule has 0 unspecified atom stereocenters. The molecule has 0 saturated heterocycles. The number of amides is 1. The van der Waals surface area contributed by atoms with Gasteiger partial charge in [-0.25, -0.2) is 0 Å². The van der Waals surface area contributed by atoms with Gasteiger partial charge in [-0.2, -0.15) is 0 Å². The number of carbonyl (C=O) groups is 1. The van der Waals surface area contributed by atoms with Gasteiger partial charge in [-0.1, -0.05) is 42.2 Å². The monoisotopic (exact) mass is 510 g/mol. The minimum Gasteiger partial charge on any atom is -0.495 e. The number of nitrogens with zero attached hydrogens (tertiary/aromatic N) is 1. The topological polar surface area (TPSA) is 86.7 Å². The van der Waals surface area contributed by atoms with Gasteiger partial charge in [-0.05, 0) is 63.1 Å². The van der Waals surface area contributed by atoms with Gasteiger partial charge in [0.25, 0.3) is 5.91 Å². The van der Waals surface area contributed by atoms with Crippen molar-refractivity contribution in [1.82, 2.24) is 4.57 Å². The Bertz CT molecular complexity index is 1510. The highest BCUT2D eigenvalue weighted by atomic mass is 16.5. The molecule has 0 aliphatic heterocycles. The van der Waals surface area contributed by atoms with E-state index in [1.807, 2.05) is 56.3 Å². The van der Waals surface area contributed by atoms with Gasteiger partial charge in [0.1, 0.15) is 11.5 Å². The third kappa shape index (κ3) is 5.69. The smallest absolute Gasteiger partial charge is 0.252 e. The fraction of sp³-hybridized carbons (Fsp3) is 0.281. The zero-order valence-electron chi connectivity index (χ0n) is 22.3. The van der Waals surface area contributed by atoms with E-state index in [1.54, 1.807) is 13.2 Å². The average Bonchev–Trinajstić information content (AvgIpc) is 3.28. The van der Waals surface area contributed by atoms with E-state index in [0.717, 1.165) is 28.6 Å². The molecule has 0 spiro atoms. The van der Waals surface area contributed by atoms with Crippen LogP contribution in [0.1, 0.15) is 59.3 Å². The number of hydrogen-bond acceptors (Lipinski definition) is 4. The predicted molar refractivity (Wildman–Crippen MR) is 151 cm³/mol. The van der Waals surface area contributed by atoms with Crippen molar-refractivity contribution in [1.29, 1.82) is 0 Å². The lowest BCUT2D eigenvalue weighted by Crippen LogP contribution is -2.19. The van der Waals surface area contributed by atoms with E-state index in [1.165, 1.54) is 0 Å². The summed E-state index contributed by atoms with van der Waals surface area (Å²) in [6.07, 6.45) is 2.50. The van der Waals surface area contributed by atoms with Crippen LogP contribution in [0.3, 0.4) is 0 Å². The summed E-state index contributed by atoms with van der Waals surface area (Å²) in [7, 11) is 1.60. The van der Waals surface area contributed by atoms with Crippen molar-refractivity contribution in [3.8, 4) is 23.3 Å². The maximum absolute atomic E-state index is 12.6. The zero-order chi connectivity index (χ0) is 27.2. The van der Waals surface area contributed by atoms with E-state index in [-0.39, 0.29) is 24.2 Å². The Balaban J connectivity index is 1.85. The molecule has 1 heterocycles. The van der Waals surface area contributed by atoms with Crippen LogP contribution in [-0.2, 0) is 13.0 Å². The van der Waals surface area contributed by atoms with Gasteiger partial charge >= 0.3 is 0 Å². The van der Waals surface area contributed by atoms with Crippen molar-refractivity contribution < 1.29 is 19.4 Å². The van der Waals surface area contributed by atoms with Gasteiger partial charge in [-0.15, -0.1) is 0 Å². The first-order valence-corrected chi connectivity index (χ1v) is 12.8. The quantitative estimate of drug-likeness (QED) is 0.300. The summed E-state index contributed by atoms with van der Waals surface area (Å²) in [5.41, 5.74) is 10.4. The number of rotatable bonds is 9. The summed E-state index contributed by atoms with van der Waals surface area (Å²) in [6, 6.07) is 19.3. The van der Waals surface area contributed by atoms with Crippen LogP contribution < -0.4 is 15.2 Å². The second-order valence-electron chi connectivity index (χ2n) is 9.46. The second-order valence-corrected chi connectivity index (χ2v) is 9.46. The normalized spacial score (nSPS) is 11.7. The van der Waals surface area contributed by atoms with E-state index in [4.69, 9.17) is 15.2 Å². The van der Waals surface area contributed by atoms with Gasteiger partial charge in [0, 0.05) is 40.7 Å². The predicted octanol–water partition coefficient (Wildman–Crippen LogP) is 5.27. The van der Waals surface area contributed by atoms with Gasteiger partial charge < -0.3 is 24.9 Å². The maximum atomic E-state index is 12.6. The molecule has 0 saturated carbocycles. The first-order chi connectivity index (χ1) is 18.4. The Morgan fingerprint density at radius 3 is 2.50 bits per heavy atom. The highest BCUT2D eigenvalue weighted by Crippen LogP contribution is 2.36. The molecule has 1 aromatic heterocycles. The van der Waals surface area contributed by atoms with E-state index >= 15 is 0 Å². The molecule has 6 nitrogen and oxygen atoms in total. The summed E-state index contributed by atoms with van der Waals surface area (Å²) in [5, 5.41) is 11.7. The maximum Gasteiger partial charge on any atom is 0.252 e. The number of primary amides is 1. The molecular weight excluding hydrogens is 476 g/mol. The lowest BCUT2D eigenvalue weighted by molar-refractivity contribution is 0.0994. The SMILES string of the molecule is CCn1cc(C[C@@H](CO)c2cc(C#Cc3ccccc3OC)cc(C(N)=O)c2OC(C)C)c2ccccc21.